The van der Waals surface area contributed by atoms with E-state index >= 15 is 0 Å². The molecule has 0 radical (unpaired) electrons. The van der Waals surface area contributed by atoms with Crippen LogP contribution < -0.4 is 4.74 Å². The molecule has 0 bridgehead atoms. The molecule has 1 aliphatic rings. The quantitative estimate of drug-likeness (QED) is 0.625. The molecule has 0 spiro atoms. The number of aromatic nitrogens is 1. The molecule has 0 unspecified atom stereocenters. The van der Waals surface area contributed by atoms with Gasteiger partial charge in [0, 0.05) is 24.4 Å². The van der Waals surface area contributed by atoms with Crippen molar-refractivity contribution in [1.29, 1.82) is 0 Å². The van der Waals surface area contributed by atoms with Crippen LogP contribution in [0.3, 0.4) is 0 Å². The number of nitrogens with zero attached hydrogens (tertiary/aromatic N) is 2. The summed E-state index contributed by atoms with van der Waals surface area (Å²) in [6.07, 6.45) is 8.69. The number of amides is 1. The van der Waals surface area contributed by atoms with Crippen LogP contribution in [0.1, 0.15) is 56.4 Å². The highest BCUT2D eigenvalue weighted by Gasteiger charge is 2.16. The number of oxazole rings is 1. The molecule has 0 aliphatic carbocycles. The van der Waals surface area contributed by atoms with E-state index in [2.05, 4.69) is 9.88 Å². The molecule has 1 saturated heterocycles. The number of carbonyl (C=O) groups is 1. The van der Waals surface area contributed by atoms with Crippen LogP contribution in [-0.2, 0) is 10.5 Å². The molecular formula is C23H32N2O3S. The van der Waals surface area contributed by atoms with Gasteiger partial charge >= 0.3 is 0 Å². The number of ether oxygens (including phenoxy) is 1. The minimum Gasteiger partial charge on any atom is -0.497 e. The van der Waals surface area contributed by atoms with E-state index in [1.807, 2.05) is 31.2 Å². The van der Waals surface area contributed by atoms with Gasteiger partial charge < -0.3 is 14.1 Å². The Hall–Kier alpha value is -1.95. The third-order valence-corrected chi connectivity index (χ3v) is 6.33. The van der Waals surface area contributed by atoms with Crippen LogP contribution in [0, 0.1) is 6.92 Å². The minimum atomic E-state index is 0.257. The molecule has 1 aromatic carbocycles. The van der Waals surface area contributed by atoms with Gasteiger partial charge in [-0.2, -0.15) is 0 Å². The third-order valence-electron chi connectivity index (χ3n) is 5.40. The van der Waals surface area contributed by atoms with Crippen LogP contribution in [0.5, 0.6) is 5.75 Å². The van der Waals surface area contributed by atoms with Gasteiger partial charge in [0.2, 0.25) is 11.8 Å². The summed E-state index contributed by atoms with van der Waals surface area (Å²) < 4.78 is 11.0. The summed E-state index contributed by atoms with van der Waals surface area (Å²) in [6.45, 7) is 3.75. The van der Waals surface area contributed by atoms with E-state index in [4.69, 9.17) is 9.15 Å². The number of hydrogen-bond donors (Lipinski definition) is 0. The van der Waals surface area contributed by atoms with Crippen molar-refractivity contribution in [2.24, 2.45) is 0 Å². The topological polar surface area (TPSA) is 55.6 Å². The lowest BCUT2D eigenvalue weighted by Gasteiger charge is -2.23. The molecule has 2 aromatic rings. The molecular weight excluding hydrogens is 384 g/mol. The molecule has 0 N–H and O–H groups in total. The normalized spacial score (nSPS) is 15.9. The Bertz CT molecular complexity index is 763. The number of hydrogen-bond acceptors (Lipinski definition) is 5. The Balaban J connectivity index is 1.51. The molecule has 0 saturated carbocycles. The molecule has 3 rings (SSSR count). The number of rotatable bonds is 6. The predicted octanol–water partition coefficient (Wildman–Crippen LogP) is 5.46. The van der Waals surface area contributed by atoms with Crippen LogP contribution in [0.4, 0.5) is 0 Å². The standard InChI is InChI=1S/C23H32N2O3S/c1-18-21(24-23(28-18)19-10-12-20(27-2)13-11-19)16-29-17-22(26)25-14-8-6-4-3-5-7-9-15-25/h10-13H,3-9,14-17H2,1-2H3. The highest BCUT2D eigenvalue weighted by Crippen LogP contribution is 2.26. The smallest absolute Gasteiger partial charge is 0.232 e. The van der Waals surface area contributed by atoms with E-state index < -0.39 is 0 Å². The van der Waals surface area contributed by atoms with Crippen molar-refractivity contribution in [2.45, 2.75) is 57.6 Å². The molecule has 1 aliphatic heterocycles. The summed E-state index contributed by atoms with van der Waals surface area (Å²) in [4.78, 5) is 19.4. The average Bonchev–Trinajstić information content (AvgIpc) is 3.12. The molecule has 1 amide bonds. The zero-order valence-electron chi connectivity index (χ0n) is 17.6. The second-order valence-corrected chi connectivity index (χ2v) is 8.58. The summed E-state index contributed by atoms with van der Waals surface area (Å²) in [5, 5.41) is 0. The van der Waals surface area contributed by atoms with Crippen LogP contribution in [0.2, 0.25) is 0 Å². The van der Waals surface area contributed by atoms with Crippen molar-refractivity contribution in [1.82, 2.24) is 9.88 Å². The monoisotopic (exact) mass is 416 g/mol. The first-order valence-corrected chi connectivity index (χ1v) is 11.8. The lowest BCUT2D eigenvalue weighted by Crippen LogP contribution is -2.34. The molecule has 2 heterocycles. The predicted molar refractivity (Wildman–Crippen MR) is 118 cm³/mol. The molecule has 1 fully saturated rings. The third kappa shape index (κ3) is 6.53. The van der Waals surface area contributed by atoms with Crippen LogP contribution in [0.15, 0.2) is 28.7 Å². The van der Waals surface area contributed by atoms with E-state index in [-0.39, 0.29) is 5.91 Å². The number of benzene rings is 1. The highest BCUT2D eigenvalue weighted by atomic mass is 32.2. The first-order chi connectivity index (χ1) is 14.2. The van der Waals surface area contributed by atoms with Crippen molar-refractivity contribution in [3.8, 4) is 17.2 Å². The van der Waals surface area contributed by atoms with E-state index in [1.54, 1.807) is 18.9 Å². The molecule has 1 aromatic heterocycles. The zero-order valence-corrected chi connectivity index (χ0v) is 18.4. The van der Waals surface area contributed by atoms with E-state index in [0.29, 0.717) is 17.4 Å². The van der Waals surface area contributed by atoms with Crippen molar-refractivity contribution in [3.63, 3.8) is 0 Å². The van der Waals surface area contributed by atoms with Crippen molar-refractivity contribution in [3.05, 3.63) is 35.7 Å². The van der Waals surface area contributed by atoms with Gasteiger partial charge in [-0.15, -0.1) is 11.8 Å². The van der Waals surface area contributed by atoms with Crippen molar-refractivity contribution in [2.75, 3.05) is 26.0 Å². The first-order valence-electron chi connectivity index (χ1n) is 10.6. The van der Waals surface area contributed by atoms with E-state index in [9.17, 15) is 4.79 Å². The van der Waals surface area contributed by atoms with Gasteiger partial charge in [-0.3, -0.25) is 4.79 Å². The summed E-state index contributed by atoms with van der Waals surface area (Å²) in [5.41, 5.74) is 1.84. The fourth-order valence-electron chi connectivity index (χ4n) is 3.60. The Morgan fingerprint density at radius 3 is 2.31 bits per heavy atom. The fraction of sp³-hybridized carbons (Fsp3) is 0.565. The summed E-state index contributed by atoms with van der Waals surface area (Å²) in [7, 11) is 1.65. The second kappa shape index (κ2) is 11.3. The van der Waals surface area contributed by atoms with Crippen molar-refractivity contribution >= 4 is 17.7 Å². The molecule has 0 atom stereocenters. The van der Waals surface area contributed by atoms with Gasteiger partial charge in [0.25, 0.3) is 0 Å². The molecule has 29 heavy (non-hydrogen) atoms. The van der Waals surface area contributed by atoms with Crippen LogP contribution in [-0.4, -0.2) is 41.7 Å². The van der Waals surface area contributed by atoms with Crippen LogP contribution in [0.25, 0.3) is 11.5 Å². The summed E-state index contributed by atoms with van der Waals surface area (Å²) in [5.74, 6) is 3.68. The zero-order chi connectivity index (χ0) is 20.5. The van der Waals surface area contributed by atoms with Gasteiger partial charge in [-0.05, 0) is 44.0 Å². The maximum absolute atomic E-state index is 12.7. The number of carbonyl (C=O) groups excluding carboxylic acids is 1. The Morgan fingerprint density at radius 1 is 1.07 bits per heavy atom. The summed E-state index contributed by atoms with van der Waals surface area (Å²) >= 11 is 1.62. The Kier molecular flexibility index (Phi) is 8.47. The largest absolute Gasteiger partial charge is 0.497 e. The van der Waals surface area contributed by atoms with Gasteiger partial charge in [0.05, 0.1) is 18.6 Å². The number of thioether (sulfide) groups is 1. The number of aryl methyl sites for hydroxylation is 1. The fourth-order valence-corrected chi connectivity index (χ4v) is 4.52. The SMILES string of the molecule is COc1ccc(-c2nc(CSCC(=O)N3CCCCCCCCC3)c(C)o2)cc1. The summed E-state index contributed by atoms with van der Waals surface area (Å²) in [6, 6.07) is 7.68. The molecule has 158 valence electrons. The van der Waals surface area contributed by atoms with E-state index in [0.717, 1.165) is 48.7 Å². The minimum absolute atomic E-state index is 0.257. The second-order valence-electron chi connectivity index (χ2n) is 7.60. The van der Waals surface area contributed by atoms with E-state index in [1.165, 1.54) is 32.1 Å². The lowest BCUT2D eigenvalue weighted by atomic mass is 10.1. The first kappa shape index (κ1) is 21.8. The van der Waals surface area contributed by atoms with Gasteiger partial charge in [-0.25, -0.2) is 4.98 Å². The Morgan fingerprint density at radius 2 is 1.69 bits per heavy atom. The van der Waals surface area contributed by atoms with Gasteiger partial charge in [0.15, 0.2) is 0 Å². The maximum atomic E-state index is 12.7. The van der Waals surface area contributed by atoms with Gasteiger partial charge in [0.1, 0.15) is 11.5 Å². The van der Waals surface area contributed by atoms with Gasteiger partial charge in [-0.1, -0.05) is 32.1 Å². The number of methoxy groups -OCH3 is 1. The molecule has 6 heteroatoms. The Labute approximate surface area is 178 Å². The highest BCUT2D eigenvalue weighted by molar-refractivity contribution is 7.99. The average molecular weight is 417 g/mol. The lowest BCUT2D eigenvalue weighted by molar-refractivity contribution is -0.128. The van der Waals surface area contributed by atoms with Crippen LogP contribution >= 0.6 is 11.8 Å². The molecule has 5 nitrogen and oxygen atoms in total. The maximum Gasteiger partial charge on any atom is 0.232 e. The van der Waals surface area contributed by atoms with Crippen molar-refractivity contribution < 1.29 is 13.9 Å².